The first-order valence-electron chi connectivity index (χ1n) is 3.06. The van der Waals surface area contributed by atoms with E-state index in [1.54, 1.807) is 35.7 Å². The van der Waals surface area contributed by atoms with Gasteiger partial charge in [0.25, 0.3) is 0 Å². The number of aliphatic hydroxyl groups is 1. The lowest BCUT2D eigenvalue weighted by Gasteiger charge is -2.16. The molecule has 2 aliphatic heterocycles. The third-order valence-electron chi connectivity index (χ3n) is 1.42. The Morgan fingerprint density at radius 1 is 1.50 bits per heavy atom. The van der Waals surface area contributed by atoms with Crippen LogP contribution in [0.15, 0.2) is 36.7 Å². The summed E-state index contributed by atoms with van der Waals surface area (Å²) in [5.74, 6) is 0.676. The molecule has 1 atom stereocenters. The quantitative estimate of drug-likeness (QED) is 0.528. The van der Waals surface area contributed by atoms with E-state index in [-0.39, 0.29) is 0 Å². The van der Waals surface area contributed by atoms with Gasteiger partial charge in [-0.1, -0.05) is 0 Å². The van der Waals surface area contributed by atoms with Crippen LogP contribution in [0.3, 0.4) is 0 Å². The van der Waals surface area contributed by atoms with Crippen LogP contribution in [-0.4, -0.2) is 16.1 Å². The zero-order valence-electron chi connectivity index (χ0n) is 5.27. The van der Waals surface area contributed by atoms with Crippen molar-refractivity contribution in [3.05, 3.63) is 36.7 Å². The Balaban J connectivity index is 2.27. The van der Waals surface area contributed by atoms with Gasteiger partial charge in [-0.15, -0.1) is 0 Å². The van der Waals surface area contributed by atoms with Gasteiger partial charge >= 0.3 is 0 Å². The standard InChI is InChI=1S/C7H7NO2/c9-6-1-2-8-3-4-10-7(8)5-6/h1-6,9H/t6-/m0/s1. The maximum absolute atomic E-state index is 9.06. The molecule has 3 heteroatoms. The Morgan fingerprint density at radius 2 is 2.40 bits per heavy atom. The minimum Gasteiger partial charge on any atom is -0.447 e. The summed E-state index contributed by atoms with van der Waals surface area (Å²) in [6.45, 7) is 0. The van der Waals surface area contributed by atoms with Crippen molar-refractivity contribution in [2.45, 2.75) is 6.10 Å². The van der Waals surface area contributed by atoms with E-state index >= 15 is 0 Å². The normalized spacial score (nSPS) is 27.9. The maximum Gasteiger partial charge on any atom is 0.202 e. The first-order chi connectivity index (χ1) is 4.86. The third-order valence-corrected chi connectivity index (χ3v) is 1.42. The van der Waals surface area contributed by atoms with E-state index in [0.717, 1.165) is 0 Å². The highest BCUT2D eigenvalue weighted by atomic mass is 16.5. The predicted octanol–water partition coefficient (Wildman–Crippen LogP) is 0.519. The molecule has 0 bridgehead atoms. The van der Waals surface area contributed by atoms with Crippen molar-refractivity contribution >= 4 is 0 Å². The Morgan fingerprint density at radius 3 is 3.30 bits per heavy atom. The van der Waals surface area contributed by atoms with Crippen molar-refractivity contribution in [2.24, 2.45) is 0 Å². The van der Waals surface area contributed by atoms with E-state index in [1.165, 1.54) is 0 Å². The van der Waals surface area contributed by atoms with Crippen molar-refractivity contribution in [1.29, 1.82) is 0 Å². The molecule has 0 saturated carbocycles. The molecule has 2 rings (SSSR count). The van der Waals surface area contributed by atoms with Crippen molar-refractivity contribution in [2.75, 3.05) is 0 Å². The molecule has 10 heavy (non-hydrogen) atoms. The second kappa shape index (κ2) is 1.88. The van der Waals surface area contributed by atoms with Gasteiger partial charge < -0.3 is 9.84 Å². The topological polar surface area (TPSA) is 32.7 Å². The lowest BCUT2D eigenvalue weighted by molar-refractivity contribution is 0.235. The zero-order valence-corrected chi connectivity index (χ0v) is 5.27. The number of nitrogens with zero attached hydrogens (tertiary/aromatic N) is 1. The average molecular weight is 137 g/mol. The monoisotopic (exact) mass is 137 g/mol. The Hall–Kier alpha value is -1.22. The molecule has 0 saturated heterocycles. The first-order valence-corrected chi connectivity index (χ1v) is 3.06. The van der Waals surface area contributed by atoms with Crippen molar-refractivity contribution < 1.29 is 9.84 Å². The SMILES string of the molecule is O[C@H]1C=CN2C=COC2=C1. The summed E-state index contributed by atoms with van der Waals surface area (Å²) in [5, 5.41) is 9.06. The molecule has 1 N–H and O–H groups in total. The van der Waals surface area contributed by atoms with E-state index in [0.29, 0.717) is 5.88 Å². The molecule has 0 fully saturated rings. The minimum absolute atomic E-state index is 0.508. The van der Waals surface area contributed by atoms with Crippen molar-refractivity contribution in [1.82, 2.24) is 4.90 Å². The fourth-order valence-electron chi connectivity index (χ4n) is 0.931. The van der Waals surface area contributed by atoms with Crippen LogP contribution < -0.4 is 0 Å². The predicted molar refractivity (Wildman–Crippen MR) is 35.3 cm³/mol. The number of ether oxygens (including phenoxy) is 1. The van der Waals surface area contributed by atoms with Crippen molar-refractivity contribution in [3.63, 3.8) is 0 Å². The molecule has 3 nitrogen and oxygen atoms in total. The van der Waals surface area contributed by atoms with E-state index in [2.05, 4.69) is 0 Å². The highest BCUT2D eigenvalue weighted by Crippen LogP contribution is 2.19. The largest absolute Gasteiger partial charge is 0.447 e. The van der Waals surface area contributed by atoms with Crippen LogP contribution in [0.25, 0.3) is 0 Å². The van der Waals surface area contributed by atoms with Crippen molar-refractivity contribution in [3.8, 4) is 0 Å². The van der Waals surface area contributed by atoms with Gasteiger partial charge in [0.15, 0.2) is 0 Å². The fourth-order valence-corrected chi connectivity index (χ4v) is 0.931. The van der Waals surface area contributed by atoms with Gasteiger partial charge in [-0.25, -0.2) is 0 Å². The molecule has 0 aromatic rings. The third kappa shape index (κ3) is 0.717. The van der Waals surface area contributed by atoms with Gasteiger partial charge in [-0.05, 0) is 6.08 Å². The summed E-state index contributed by atoms with van der Waals surface area (Å²) in [6, 6.07) is 0. The molecular formula is C7H7NO2. The zero-order chi connectivity index (χ0) is 6.97. The fraction of sp³-hybridized carbons (Fsp3) is 0.143. The molecule has 52 valence electrons. The Bertz CT molecular complexity index is 230. The molecule has 0 amide bonds. The lowest BCUT2D eigenvalue weighted by Crippen LogP contribution is -2.14. The Labute approximate surface area is 58.5 Å². The molecule has 0 aromatic carbocycles. The number of rotatable bonds is 0. The molecule has 0 aliphatic carbocycles. The van der Waals surface area contributed by atoms with Gasteiger partial charge in [0, 0.05) is 18.5 Å². The summed E-state index contributed by atoms with van der Waals surface area (Å²) in [5.41, 5.74) is 0. The molecule has 2 aliphatic rings. The second-order valence-electron chi connectivity index (χ2n) is 2.15. The highest BCUT2D eigenvalue weighted by Gasteiger charge is 2.15. The Kier molecular flexibility index (Phi) is 1.05. The number of aliphatic hydroxyl groups excluding tert-OH is 1. The highest BCUT2D eigenvalue weighted by molar-refractivity contribution is 5.19. The molecule has 0 aromatic heterocycles. The first kappa shape index (κ1) is 5.56. The molecule has 2 heterocycles. The molecule has 0 spiro atoms. The van der Waals surface area contributed by atoms with Crippen LogP contribution >= 0.6 is 0 Å². The summed E-state index contributed by atoms with van der Waals surface area (Å²) >= 11 is 0. The summed E-state index contributed by atoms with van der Waals surface area (Å²) in [4.78, 5) is 1.80. The number of hydrogen-bond donors (Lipinski definition) is 1. The van der Waals surface area contributed by atoms with Crippen LogP contribution in [0.1, 0.15) is 0 Å². The van der Waals surface area contributed by atoms with Gasteiger partial charge in [0.05, 0.1) is 6.10 Å². The van der Waals surface area contributed by atoms with E-state index in [1.807, 2.05) is 0 Å². The van der Waals surface area contributed by atoms with Crippen LogP contribution in [0.4, 0.5) is 0 Å². The molecule has 0 radical (unpaired) electrons. The number of hydrogen-bond acceptors (Lipinski definition) is 3. The van der Waals surface area contributed by atoms with Gasteiger partial charge in [-0.3, -0.25) is 4.90 Å². The van der Waals surface area contributed by atoms with Crippen LogP contribution in [-0.2, 0) is 4.74 Å². The summed E-state index contributed by atoms with van der Waals surface area (Å²) in [7, 11) is 0. The van der Waals surface area contributed by atoms with Crippen LogP contribution in [0.5, 0.6) is 0 Å². The summed E-state index contributed by atoms with van der Waals surface area (Å²) < 4.78 is 5.02. The molecular weight excluding hydrogens is 130 g/mol. The second-order valence-corrected chi connectivity index (χ2v) is 2.15. The molecule has 0 unspecified atom stereocenters. The summed E-state index contributed by atoms with van der Waals surface area (Å²) in [6.07, 6.45) is 7.94. The smallest absolute Gasteiger partial charge is 0.202 e. The van der Waals surface area contributed by atoms with Gasteiger partial charge in [-0.2, -0.15) is 0 Å². The maximum atomic E-state index is 9.06. The lowest BCUT2D eigenvalue weighted by atomic mass is 10.3. The number of fused-ring (bicyclic) bond motifs is 1. The minimum atomic E-state index is -0.508. The average Bonchev–Trinajstić information content (AvgIpc) is 2.33. The van der Waals surface area contributed by atoms with Gasteiger partial charge in [0.2, 0.25) is 5.88 Å². The van der Waals surface area contributed by atoms with Gasteiger partial charge in [0.1, 0.15) is 6.26 Å². The van der Waals surface area contributed by atoms with E-state index in [4.69, 9.17) is 9.84 Å². The van der Waals surface area contributed by atoms with E-state index in [9.17, 15) is 0 Å². The van der Waals surface area contributed by atoms with Crippen LogP contribution in [0.2, 0.25) is 0 Å². The van der Waals surface area contributed by atoms with E-state index < -0.39 is 6.10 Å². The van der Waals surface area contributed by atoms with Crippen LogP contribution in [0, 0.1) is 0 Å².